The summed E-state index contributed by atoms with van der Waals surface area (Å²) < 4.78 is 0. The highest BCUT2D eigenvalue weighted by molar-refractivity contribution is 7.10. The van der Waals surface area contributed by atoms with Crippen molar-refractivity contribution in [3.63, 3.8) is 0 Å². The van der Waals surface area contributed by atoms with Gasteiger partial charge >= 0.3 is 0 Å². The Balaban J connectivity index is 1.94. The third-order valence-corrected chi connectivity index (χ3v) is 3.95. The quantitative estimate of drug-likeness (QED) is 0.828. The van der Waals surface area contributed by atoms with Crippen LogP contribution in [0.5, 0.6) is 0 Å². The maximum Gasteiger partial charge on any atom is 0.0414 e. The van der Waals surface area contributed by atoms with Crippen LogP contribution in [0.25, 0.3) is 0 Å². The Hall–Kier alpha value is -1.12. The van der Waals surface area contributed by atoms with E-state index in [1.54, 1.807) is 0 Å². The van der Waals surface area contributed by atoms with E-state index in [0.717, 1.165) is 13.0 Å². The lowest BCUT2D eigenvalue weighted by Gasteiger charge is -2.15. The average Bonchev–Trinajstić information content (AvgIpc) is 2.86. The Bertz CT molecular complexity index is 430. The second-order valence-corrected chi connectivity index (χ2v) is 5.32. The maximum absolute atomic E-state index is 3.62. The van der Waals surface area contributed by atoms with Gasteiger partial charge in [-0.1, -0.05) is 42.8 Å². The Morgan fingerprint density at radius 1 is 1.18 bits per heavy atom. The Kier molecular flexibility index (Phi) is 4.35. The van der Waals surface area contributed by atoms with Crippen molar-refractivity contribution in [2.45, 2.75) is 32.9 Å². The van der Waals surface area contributed by atoms with Crippen molar-refractivity contribution in [3.05, 3.63) is 57.8 Å². The van der Waals surface area contributed by atoms with Gasteiger partial charge in [0.15, 0.2) is 0 Å². The van der Waals surface area contributed by atoms with Gasteiger partial charge in [-0.25, -0.2) is 0 Å². The first-order valence-corrected chi connectivity index (χ1v) is 7.00. The fourth-order valence-corrected chi connectivity index (χ4v) is 2.77. The highest BCUT2D eigenvalue weighted by Crippen LogP contribution is 2.22. The van der Waals surface area contributed by atoms with Gasteiger partial charge in [-0.3, -0.25) is 0 Å². The summed E-state index contributed by atoms with van der Waals surface area (Å²) in [7, 11) is 0. The summed E-state index contributed by atoms with van der Waals surface area (Å²) in [6.45, 7) is 5.29. The molecular formula is C15H19NS. The SMILES string of the molecule is CCC(NCc1ccc(C)cc1)c1cccs1. The first-order chi connectivity index (χ1) is 8.29. The molecule has 0 radical (unpaired) electrons. The van der Waals surface area contributed by atoms with E-state index >= 15 is 0 Å². The molecule has 0 aliphatic rings. The predicted octanol–water partition coefficient (Wildman–Crippen LogP) is 4.30. The van der Waals surface area contributed by atoms with Gasteiger partial charge in [0, 0.05) is 17.5 Å². The topological polar surface area (TPSA) is 12.0 Å². The van der Waals surface area contributed by atoms with Gasteiger partial charge in [0.05, 0.1) is 0 Å². The molecule has 1 heterocycles. The van der Waals surface area contributed by atoms with Crippen molar-refractivity contribution < 1.29 is 0 Å². The molecule has 2 rings (SSSR count). The van der Waals surface area contributed by atoms with Crippen molar-refractivity contribution in [1.82, 2.24) is 5.32 Å². The summed E-state index contributed by atoms with van der Waals surface area (Å²) in [5, 5.41) is 5.76. The van der Waals surface area contributed by atoms with Crippen LogP contribution >= 0.6 is 11.3 Å². The summed E-state index contributed by atoms with van der Waals surface area (Å²) in [4.78, 5) is 1.43. The van der Waals surface area contributed by atoms with Crippen molar-refractivity contribution in [2.75, 3.05) is 0 Å². The number of nitrogens with one attached hydrogen (secondary N) is 1. The van der Waals surface area contributed by atoms with E-state index in [0.29, 0.717) is 6.04 Å². The van der Waals surface area contributed by atoms with E-state index in [1.807, 2.05) is 11.3 Å². The Labute approximate surface area is 108 Å². The molecule has 1 atom stereocenters. The number of rotatable bonds is 5. The minimum atomic E-state index is 0.483. The molecule has 1 aromatic heterocycles. The van der Waals surface area contributed by atoms with Crippen LogP contribution in [0.15, 0.2) is 41.8 Å². The zero-order valence-electron chi connectivity index (χ0n) is 10.4. The second kappa shape index (κ2) is 5.99. The van der Waals surface area contributed by atoms with Crippen LogP contribution in [-0.4, -0.2) is 0 Å². The molecule has 0 bridgehead atoms. The molecule has 0 aliphatic carbocycles. The van der Waals surface area contributed by atoms with Gasteiger partial charge in [-0.2, -0.15) is 0 Å². The molecule has 1 N–H and O–H groups in total. The lowest BCUT2D eigenvalue weighted by atomic mass is 10.1. The zero-order chi connectivity index (χ0) is 12.1. The molecule has 1 nitrogen and oxygen atoms in total. The molecule has 90 valence electrons. The van der Waals surface area contributed by atoms with Gasteiger partial charge in [-0.15, -0.1) is 11.3 Å². The number of aryl methyl sites for hydroxylation is 1. The van der Waals surface area contributed by atoms with Crippen molar-refractivity contribution in [2.24, 2.45) is 0 Å². The maximum atomic E-state index is 3.62. The summed E-state index contributed by atoms with van der Waals surface area (Å²) in [5.74, 6) is 0. The molecule has 0 saturated carbocycles. The summed E-state index contributed by atoms with van der Waals surface area (Å²) >= 11 is 1.83. The highest BCUT2D eigenvalue weighted by Gasteiger charge is 2.08. The molecule has 17 heavy (non-hydrogen) atoms. The largest absolute Gasteiger partial charge is 0.305 e. The second-order valence-electron chi connectivity index (χ2n) is 4.34. The van der Waals surface area contributed by atoms with Crippen LogP contribution in [-0.2, 0) is 6.54 Å². The smallest absolute Gasteiger partial charge is 0.0414 e. The molecule has 0 saturated heterocycles. The first kappa shape index (κ1) is 12.3. The van der Waals surface area contributed by atoms with Crippen LogP contribution in [0.2, 0.25) is 0 Å². The minimum absolute atomic E-state index is 0.483. The molecule has 2 heteroatoms. The van der Waals surface area contributed by atoms with Gasteiger partial charge < -0.3 is 5.32 Å². The van der Waals surface area contributed by atoms with Crippen LogP contribution < -0.4 is 5.32 Å². The fourth-order valence-electron chi connectivity index (χ4n) is 1.88. The van der Waals surface area contributed by atoms with Crippen LogP contribution in [0.1, 0.15) is 35.4 Å². The van der Waals surface area contributed by atoms with Crippen LogP contribution in [0.4, 0.5) is 0 Å². The van der Waals surface area contributed by atoms with Gasteiger partial charge in [0.25, 0.3) is 0 Å². The third kappa shape index (κ3) is 3.42. The van der Waals surface area contributed by atoms with E-state index in [-0.39, 0.29) is 0 Å². The van der Waals surface area contributed by atoms with E-state index in [9.17, 15) is 0 Å². The molecule has 0 amide bonds. The van der Waals surface area contributed by atoms with E-state index in [1.165, 1.54) is 16.0 Å². The fraction of sp³-hybridized carbons (Fsp3) is 0.333. The predicted molar refractivity (Wildman–Crippen MR) is 75.4 cm³/mol. The van der Waals surface area contributed by atoms with Crippen molar-refractivity contribution in [3.8, 4) is 0 Å². The standard InChI is InChI=1S/C15H19NS/c1-3-14(15-5-4-10-17-15)16-11-13-8-6-12(2)7-9-13/h4-10,14,16H,3,11H2,1-2H3. The van der Waals surface area contributed by atoms with Gasteiger partial charge in [-0.05, 0) is 30.4 Å². The van der Waals surface area contributed by atoms with Crippen LogP contribution in [0, 0.1) is 6.92 Å². The first-order valence-electron chi connectivity index (χ1n) is 6.12. The normalized spacial score (nSPS) is 12.6. The number of hydrogen-bond donors (Lipinski definition) is 1. The summed E-state index contributed by atoms with van der Waals surface area (Å²) in [6, 6.07) is 13.5. The molecule has 1 aromatic carbocycles. The monoisotopic (exact) mass is 245 g/mol. The molecule has 0 fully saturated rings. The summed E-state index contributed by atoms with van der Waals surface area (Å²) in [5.41, 5.74) is 2.67. The third-order valence-electron chi connectivity index (χ3n) is 2.97. The highest BCUT2D eigenvalue weighted by atomic mass is 32.1. The molecule has 0 aliphatic heterocycles. The Morgan fingerprint density at radius 3 is 2.53 bits per heavy atom. The zero-order valence-corrected chi connectivity index (χ0v) is 11.3. The molecule has 2 aromatic rings. The van der Waals surface area contributed by atoms with Gasteiger partial charge in [0.1, 0.15) is 0 Å². The van der Waals surface area contributed by atoms with Crippen molar-refractivity contribution in [1.29, 1.82) is 0 Å². The number of benzene rings is 1. The molecule has 0 spiro atoms. The van der Waals surface area contributed by atoms with E-state index in [2.05, 4.69) is 60.9 Å². The molecular weight excluding hydrogens is 226 g/mol. The van der Waals surface area contributed by atoms with Crippen LogP contribution in [0.3, 0.4) is 0 Å². The lowest BCUT2D eigenvalue weighted by Crippen LogP contribution is -2.19. The van der Waals surface area contributed by atoms with E-state index < -0.39 is 0 Å². The van der Waals surface area contributed by atoms with Crippen molar-refractivity contribution >= 4 is 11.3 Å². The van der Waals surface area contributed by atoms with Gasteiger partial charge in [0.2, 0.25) is 0 Å². The average molecular weight is 245 g/mol. The number of thiophene rings is 1. The van der Waals surface area contributed by atoms with E-state index in [4.69, 9.17) is 0 Å². The summed E-state index contributed by atoms with van der Waals surface area (Å²) in [6.07, 6.45) is 1.13. The molecule has 1 unspecified atom stereocenters. The minimum Gasteiger partial charge on any atom is -0.305 e. The Morgan fingerprint density at radius 2 is 1.94 bits per heavy atom. The lowest BCUT2D eigenvalue weighted by molar-refractivity contribution is 0.526. The number of hydrogen-bond acceptors (Lipinski definition) is 2.